The summed E-state index contributed by atoms with van der Waals surface area (Å²) in [6, 6.07) is 9.14. The minimum atomic E-state index is 0.173. The molecule has 0 aliphatic rings. The van der Waals surface area contributed by atoms with E-state index in [9.17, 15) is 0 Å². The smallest absolute Gasteiger partial charge is 0.135 e. The quantitative estimate of drug-likeness (QED) is 0.819. The third kappa shape index (κ3) is 3.47. The molecule has 0 unspecified atom stereocenters. The van der Waals surface area contributed by atoms with Crippen molar-refractivity contribution in [3.63, 3.8) is 0 Å². The van der Waals surface area contributed by atoms with Crippen molar-refractivity contribution in [3.05, 3.63) is 45.3 Å². The van der Waals surface area contributed by atoms with Gasteiger partial charge in [0.05, 0.1) is 11.3 Å². The highest BCUT2D eigenvalue weighted by Gasteiger charge is 2.09. The van der Waals surface area contributed by atoms with Crippen molar-refractivity contribution >= 4 is 39.0 Å². The zero-order chi connectivity index (χ0) is 14.7. The summed E-state index contributed by atoms with van der Waals surface area (Å²) in [6.45, 7) is 3.99. The van der Waals surface area contributed by atoms with Gasteiger partial charge in [-0.05, 0) is 18.2 Å². The average molecular weight is 352 g/mol. The van der Waals surface area contributed by atoms with Crippen LogP contribution < -0.4 is 5.32 Å². The number of benzene rings is 1. The first-order valence-electron chi connectivity index (χ1n) is 6.00. The van der Waals surface area contributed by atoms with Crippen LogP contribution in [0.3, 0.4) is 0 Å². The van der Waals surface area contributed by atoms with E-state index in [0.717, 1.165) is 4.47 Å². The van der Waals surface area contributed by atoms with Gasteiger partial charge in [0.25, 0.3) is 0 Å². The van der Waals surface area contributed by atoms with Crippen LogP contribution >= 0.6 is 27.5 Å². The molecule has 1 aromatic heterocycles. The molecule has 20 heavy (non-hydrogen) atoms. The summed E-state index contributed by atoms with van der Waals surface area (Å²) in [6.07, 6.45) is 0. The van der Waals surface area contributed by atoms with Crippen LogP contribution in [0.1, 0.15) is 31.2 Å². The molecule has 0 fully saturated rings. The molecule has 1 N–H and O–H groups in total. The van der Waals surface area contributed by atoms with E-state index in [2.05, 4.69) is 37.3 Å². The van der Waals surface area contributed by atoms with Crippen molar-refractivity contribution in [1.82, 2.24) is 9.97 Å². The van der Waals surface area contributed by atoms with Gasteiger partial charge in [-0.2, -0.15) is 5.26 Å². The third-order valence-corrected chi connectivity index (χ3v) is 3.28. The lowest BCUT2D eigenvalue weighted by atomic mass is 10.2. The highest BCUT2D eigenvalue weighted by Crippen LogP contribution is 2.25. The van der Waals surface area contributed by atoms with Crippen molar-refractivity contribution < 1.29 is 0 Å². The molecule has 0 spiro atoms. The molecule has 6 heteroatoms. The topological polar surface area (TPSA) is 61.6 Å². The summed E-state index contributed by atoms with van der Waals surface area (Å²) in [5, 5.41) is 12.6. The summed E-state index contributed by atoms with van der Waals surface area (Å²) in [4.78, 5) is 8.58. The van der Waals surface area contributed by atoms with E-state index in [1.54, 1.807) is 12.1 Å². The number of hydrogen-bond donors (Lipinski definition) is 1. The molecule has 0 saturated carbocycles. The number of nitriles is 1. The lowest BCUT2D eigenvalue weighted by Gasteiger charge is -2.11. The van der Waals surface area contributed by atoms with Gasteiger partial charge in [0.1, 0.15) is 22.9 Å². The summed E-state index contributed by atoms with van der Waals surface area (Å²) in [7, 11) is 0. The first kappa shape index (κ1) is 14.8. The van der Waals surface area contributed by atoms with Crippen molar-refractivity contribution in [2.75, 3.05) is 5.32 Å². The van der Waals surface area contributed by atoms with Crippen LogP contribution in [-0.4, -0.2) is 9.97 Å². The minimum absolute atomic E-state index is 0.173. The van der Waals surface area contributed by atoms with Gasteiger partial charge >= 0.3 is 0 Å². The van der Waals surface area contributed by atoms with Gasteiger partial charge in [-0.1, -0.05) is 41.4 Å². The number of hydrogen-bond acceptors (Lipinski definition) is 4. The standard InChI is InChI=1S/C14H12BrClN4/c1-8(2)14-19-12(16)6-13(20-14)18-11-5-10(15)4-3-9(11)7-17/h3-6,8H,1-2H3,(H,18,19,20). The largest absolute Gasteiger partial charge is 0.339 e. The first-order chi connectivity index (χ1) is 9.49. The van der Waals surface area contributed by atoms with Crippen molar-refractivity contribution in [3.8, 4) is 6.07 Å². The molecule has 0 atom stereocenters. The predicted molar refractivity (Wildman–Crippen MR) is 83.3 cm³/mol. The number of aromatic nitrogens is 2. The number of nitrogens with one attached hydrogen (secondary N) is 1. The minimum Gasteiger partial charge on any atom is -0.339 e. The Kier molecular flexibility index (Phi) is 4.58. The van der Waals surface area contributed by atoms with E-state index >= 15 is 0 Å². The molecule has 2 aromatic rings. The highest BCUT2D eigenvalue weighted by molar-refractivity contribution is 9.10. The van der Waals surface area contributed by atoms with Gasteiger partial charge in [0.2, 0.25) is 0 Å². The van der Waals surface area contributed by atoms with Crippen LogP contribution in [0.4, 0.5) is 11.5 Å². The van der Waals surface area contributed by atoms with Gasteiger partial charge in [0, 0.05) is 16.5 Å². The lowest BCUT2D eigenvalue weighted by Crippen LogP contribution is -2.03. The Morgan fingerprint density at radius 2 is 2.05 bits per heavy atom. The maximum absolute atomic E-state index is 9.12. The highest BCUT2D eigenvalue weighted by atomic mass is 79.9. The number of halogens is 2. The Balaban J connectivity index is 2.40. The SMILES string of the molecule is CC(C)c1nc(Cl)cc(Nc2cc(Br)ccc2C#N)n1. The Labute approximate surface area is 131 Å². The second-order valence-electron chi connectivity index (χ2n) is 4.52. The molecule has 4 nitrogen and oxygen atoms in total. The van der Waals surface area contributed by atoms with Gasteiger partial charge in [0.15, 0.2) is 0 Å². The van der Waals surface area contributed by atoms with Crippen LogP contribution in [0.15, 0.2) is 28.7 Å². The fourth-order valence-electron chi connectivity index (χ4n) is 1.61. The summed E-state index contributed by atoms with van der Waals surface area (Å²) < 4.78 is 0.878. The maximum Gasteiger partial charge on any atom is 0.135 e. The van der Waals surface area contributed by atoms with Crippen LogP contribution in [-0.2, 0) is 0 Å². The van der Waals surface area contributed by atoms with Gasteiger partial charge in [-0.15, -0.1) is 0 Å². The van der Waals surface area contributed by atoms with E-state index in [1.807, 2.05) is 26.0 Å². The van der Waals surface area contributed by atoms with Crippen molar-refractivity contribution in [2.45, 2.75) is 19.8 Å². The molecule has 0 bridgehead atoms. The molecule has 1 heterocycles. The van der Waals surface area contributed by atoms with E-state index in [4.69, 9.17) is 16.9 Å². The Morgan fingerprint density at radius 3 is 2.70 bits per heavy atom. The maximum atomic E-state index is 9.12. The van der Waals surface area contributed by atoms with Gasteiger partial charge < -0.3 is 5.32 Å². The molecular formula is C14H12BrClN4. The van der Waals surface area contributed by atoms with E-state index in [-0.39, 0.29) is 5.92 Å². The molecule has 2 rings (SSSR count). The summed E-state index contributed by atoms with van der Waals surface area (Å²) >= 11 is 9.38. The monoisotopic (exact) mass is 350 g/mol. The Bertz CT molecular complexity index is 679. The molecule has 0 saturated heterocycles. The lowest BCUT2D eigenvalue weighted by molar-refractivity contribution is 0.776. The van der Waals surface area contributed by atoms with E-state index in [1.165, 1.54) is 0 Å². The predicted octanol–water partition coefficient (Wildman–Crippen LogP) is 4.63. The molecule has 0 amide bonds. The number of anilines is 2. The molecule has 1 aromatic carbocycles. The first-order valence-corrected chi connectivity index (χ1v) is 7.18. The second kappa shape index (κ2) is 6.21. The number of nitrogens with zero attached hydrogens (tertiary/aromatic N) is 3. The zero-order valence-electron chi connectivity index (χ0n) is 11.0. The summed E-state index contributed by atoms with van der Waals surface area (Å²) in [5.74, 6) is 1.41. The van der Waals surface area contributed by atoms with Gasteiger partial charge in [-0.25, -0.2) is 9.97 Å². The normalized spacial score (nSPS) is 10.4. The van der Waals surface area contributed by atoms with E-state index in [0.29, 0.717) is 28.0 Å². The average Bonchev–Trinajstić information content (AvgIpc) is 2.38. The molecule has 102 valence electrons. The van der Waals surface area contributed by atoms with E-state index < -0.39 is 0 Å². The summed E-state index contributed by atoms with van der Waals surface area (Å²) in [5.41, 5.74) is 1.21. The molecular weight excluding hydrogens is 340 g/mol. The second-order valence-corrected chi connectivity index (χ2v) is 5.82. The molecule has 0 aliphatic carbocycles. The Hall–Kier alpha value is -1.64. The fourth-order valence-corrected chi connectivity index (χ4v) is 2.16. The van der Waals surface area contributed by atoms with Crippen molar-refractivity contribution in [1.29, 1.82) is 5.26 Å². The number of rotatable bonds is 3. The van der Waals surface area contributed by atoms with Crippen molar-refractivity contribution in [2.24, 2.45) is 0 Å². The molecule has 0 aliphatic heterocycles. The van der Waals surface area contributed by atoms with Crippen LogP contribution in [0.5, 0.6) is 0 Å². The molecule has 0 radical (unpaired) electrons. The zero-order valence-corrected chi connectivity index (χ0v) is 13.3. The Morgan fingerprint density at radius 1 is 1.30 bits per heavy atom. The van der Waals surface area contributed by atoms with Crippen LogP contribution in [0.25, 0.3) is 0 Å². The fraction of sp³-hybridized carbons (Fsp3) is 0.214. The third-order valence-electron chi connectivity index (χ3n) is 2.59. The van der Waals surface area contributed by atoms with Crippen LogP contribution in [0.2, 0.25) is 5.15 Å². The van der Waals surface area contributed by atoms with Gasteiger partial charge in [-0.3, -0.25) is 0 Å². The van der Waals surface area contributed by atoms with Crippen LogP contribution in [0, 0.1) is 11.3 Å².